The Morgan fingerprint density at radius 1 is 1.22 bits per heavy atom. The molecule has 3 atom stereocenters. The molecule has 1 aliphatic heterocycles. The van der Waals surface area contributed by atoms with Crippen LogP contribution in [0.15, 0.2) is 28.7 Å². The van der Waals surface area contributed by atoms with Crippen molar-refractivity contribution < 1.29 is 19.3 Å². The van der Waals surface area contributed by atoms with E-state index in [0.29, 0.717) is 26.4 Å². The van der Waals surface area contributed by atoms with Gasteiger partial charge in [0.1, 0.15) is 12.4 Å². The van der Waals surface area contributed by atoms with E-state index >= 15 is 0 Å². The van der Waals surface area contributed by atoms with E-state index in [0.717, 1.165) is 23.3 Å². The van der Waals surface area contributed by atoms with Gasteiger partial charge in [-0.3, -0.25) is 4.90 Å². The first kappa shape index (κ1) is 18.7. The predicted octanol–water partition coefficient (Wildman–Crippen LogP) is 2.31. The number of aliphatic hydroxyl groups excluding tert-OH is 1. The lowest BCUT2D eigenvalue weighted by atomic mass is 10.2. The molecule has 0 amide bonds. The number of aliphatic hydroxyl groups is 1. The van der Waals surface area contributed by atoms with Crippen molar-refractivity contribution in [3.63, 3.8) is 0 Å². The van der Waals surface area contributed by atoms with E-state index in [1.165, 1.54) is 0 Å². The van der Waals surface area contributed by atoms with E-state index in [2.05, 4.69) is 34.7 Å². The topological polar surface area (TPSA) is 51.2 Å². The summed E-state index contributed by atoms with van der Waals surface area (Å²) in [5.41, 5.74) is 0. The minimum atomic E-state index is -0.486. The molecule has 1 aromatic carbocycles. The molecule has 1 fully saturated rings. The van der Waals surface area contributed by atoms with Crippen molar-refractivity contribution in [3.05, 3.63) is 28.7 Å². The van der Waals surface area contributed by atoms with Gasteiger partial charge in [0.25, 0.3) is 0 Å². The van der Waals surface area contributed by atoms with Crippen molar-refractivity contribution in [1.82, 2.24) is 4.90 Å². The third-order valence-corrected chi connectivity index (χ3v) is 4.11. The fraction of sp³-hybridized carbons (Fsp3) is 0.647. The SMILES string of the molecule is C[C@H]1CN(C[C@H](O)COCCOc2ccc(Br)cc2)C[C@H](C)O1. The van der Waals surface area contributed by atoms with Crippen molar-refractivity contribution in [2.24, 2.45) is 0 Å². The summed E-state index contributed by atoms with van der Waals surface area (Å²) in [4.78, 5) is 2.23. The molecule has 0 unspecified atom stereocenters. The normalized spacial score (nSPS) is 23.7. The lowest BCUT2D eigenvalue weighted by Crippen LogP contribution is -2.48. The van der Waals surface area contributed by atoms with Gasteiger partial charge in [0.2, 0.25) is 0 Å². The maximum atomic E-state index is 10.1. The van der Waals surface area contributed by atoms with Gasteiger partial charge in [-0.15, -0.1) is 0 Å². The third-order valence-electron chi connectivity index (χ3n) is 3.58. The number of benzene rings is 1. The number of rotatable bonds is 8. The molecular formula is C17H26BrNO4. The molecule has 0 saturated carbocycles. The molecule has 5 nitrogen and oxygen atoms in total. The number of morpholine rings is 1. The first-order valence-electron chi connectivity index (χ1n) is 8.05. The quantitative estimate of drug-likeness (QED) is 0.693. The van der Waals surface area contributed by atoms with Crippen LogP contribution >= 0.6 is 15.9 Å². The lowest BCUT2D eigenvalue weighted by molar-refractivity contribution is -0.0824. The summed E-state index contributed by atoms with van der Waals surface area (Å²) in [5.74, 6) is 0.814. The Bertz CT molecular complexity index is 446. The van der Waals surface area contributed by atoms with Gasteiger partial charge in [-0.1, -0.05) is 15.9 Å². The second-order valence-corrected chi connectivity index (χ2v) is 6.92. The molecule has 0 radical (unpaired) electrons. The molecule has 0 spiro atoms. The van der Waals surface area contributed by atoms with Crippen LogP contribution in [-0.4, -0.2) is 67.8 Å². The summed E-state index contributed by atoms with van der Waals surface area (Å²) in [7, 11) is 0. The van der Waals surface area contributed by atoms with Crippen LogP contribution in [0.5, 0.6) is 5.75 Å². The van der Waals surface area contributed by atoms with Crippen molar-refractivity contribution in [3.8, 4) is 5.75 Å². The van der Waals surface area contributed by atoms with Crippen LogP contribution in [0.3, 0.4) is 0 Å². The van der Waals surface area contributed by atoms with Crippen LogP contribution in [-0.2, 0) is 9.47 Å². The van der Waals surface area contributed by atoms with Gasteiger partial charge in [-0.05, 0) is 38.1 Å². The molecule has 1 aliphatic rings. The minimum absolute atomic E-state index is 0.214. The Labute approximate surface area is 146 Å². The Morgan fingerprint density at radius 3 is 2.52 bits per heavy atom. The number of nitrogens with zero attached hydrogens (tertiary/aromatic N) is 1. The molecule has 1 saturated heterocycles. The van der Waals surface area contributed by atoms with Crippen LogP contribution in [0.4, 0.5) is 0 Å². The van der Waals surface area contributed by atoms with Gasteiger partial charge < -0.3 is 19.3 Å². The molecule has 130 valence electrons. The van der Waals surface area contributed by atoms with Gasteiger partial charge in [0.05, 0.1) is 31.5 Å². The second kappa shape index (κ2) is 9.59. The van der Waals surface area contributed by atoms with Crippen molar-refractivity contribution in [2.45, 2.75) is 32.2 Å². The molecule has 1 heterocycles. The van der Waals surface area contributed by atoms with Gasteiger partial charge in [0, 0.05) is 24.1 Å². The monoisotopic (exact) mass is 387 g/mol. The molecule has 0 bridgehead atoms. The first-order chi connectivity index (χ1) is 11.0. The molecule has 0 aromatic heterocycles. The summed E-state index contributed by atoms with van der Waals surface area (Å²) >= 11 is 3.38. The van der Waals surface area contributed by atoms with E-state index in [-0.39, 0.29) is 12.2 Å². The molecule has 2 rings (SSSR count). The first-order valence-corrected chi connectivity index (χ1v) is 8.84. The number of β-amino-alcohol motifs (C(OH)–C–C–N with tert-alkyl or cyclic N) is 1. The van der Waals surface area contributed by atoms with E-state index in [4.69, 9.17) is 14.2 Å². The maximum Gasteiger partial charge on any atom is 0.119 e. The van der Waals surface area contributed by atoms with Gasteiger partial charge in [-0.2, -0.15) is 0 Å². The Morgan fingerprint density at radius 2 is 1.87 bits per heavy atom. The van der Waals surface area contributed by atoms with Gasteiger partial charge in [-0.25, -0.2) is 0 Å². The zero-order valence-electron chi connectivity index (χ0n) is 13.8. The molecule has 1 N–H and O–H groups in total. The highest BCUT2D eigenvalue weighted by Gasteiger charge is 2.23. The van der Waals surface area contributed by atoms with Crippen LogP contribution in [0.1, 0.15) is 13.8 Å². The Hall–Kier alpha value is -0.660. The third kappa shape index (κ3) is 7.18. The largest absolute Gasteiger partial charge is 0.491 e. The molecule has 23 heavy (non-hydrogen) atoms. The average molecular weight is 388 g/mol. The maximum absolute atomic E-state index is 10.1. The second-order valence-electron chi connectivity index (χ2n) is 6.01. The molecule has 0 aliphatic carbocycles. The summed E-state index contributed by atoms with van der Waals surface area (Å²) in [6, 6.07) is 7.67. The van der Waals surface area contributed by atoms with Gasteiger partial charge >= 0.3 is 0 Å². The average Bonchev–Trinajstić information content (AvgIpc) is 2.47. The highest BCUT2D eigenvalue weighted by molar-refractivity contribution is 9.10. The predicted molar refractivity (Wildman–Crippen MR) is 92.9 cm³/mol. The fourth-order valence-corrected chi connectivity index (χ4v) is 3.02. The number of ether oxygens (including phenoxy) is 3. The lowest BCUT2D eigenvalue weighted by Gasteiger charge is -2.36. The van der Waals surface area contributed by atoms with Crippen molar-refractivity contribution in [2.75, 3.05) is 39.5 Å². The number of hydrogen-bond donors (Lipinski definition) is 1. The van der Waals surface area contributed by atoms with E-state index in [1.807, 2.05) is 24.3 Å². The number of halogens is 1. The summed E-state index contributed by atoms with van der Waals surface area (Å²) < 4.78 is 17.8. The van der Waals surface area contributed by atoms with E-state index in [9.17, 15) is 5.11 Å². The van der Waals surface area contributed by atoms with Gasteiger partial charge in [0.15, 0.2) is 0 Å². The standard InChI is InChI=1S/C17H26BrNO4/c1-13-9-19(10-14(2)23-13)11-16(20)12-21-7-8-22-17-5-3-15(18)4-6-17/h3-6,13-14,16,20H,7-12H2,1-2H3/t13-,14-,16-/m0/s1. The zero-order chi connectivity index (χ0) is 16.7. The summed E-state index contributed by atoms with van der Waals surface area (Å²) in [6.45, 7) is 7.70. The smallest absolute Gasteiger partial charge is 0.119 e. The number of hydrogen-bond acceptors (Lipinski definition) is 5. The summed E-state index contributed by atoms with van der Waals surface area (Å²) in [5, 5.41) is 10.1. The van der Waals surface area contributed by atoms with Crippen molar-refractivity contribution >= 4 is 15.9 Å². The van der Waals surface area contributed by atoms with Crippen molar-refractivity contribution in [1.29, 1.82) is 0 Å². The molecule has 1 aromatic rings. The zero-order valence-corrected chi connectivity index (χ0v) is 15.4. The van der Waals surface area contributed by atoms with E-state index in [1.54, 1.807) is 0 Å². The molecule has 6 heteroatoms. The highest BCUT2D eigenvalue weighted by Crippen LogP contribution is 2.16. The Balaban J connectivity index is 1.56. The fourth-order valence-electron chi connectivity index (χ4n) is 2.75. The summed E-state index contributed by atoms with van der Waals surface area (Å²) in [6.07, 6.45) is -0.0578. The van der Waals surface area contributed by atoms with Crippen LogP contribution in [0, 0.1) is 0 Å². The molecular weight excluding hydrogens is 362 g/mol. The van der Waals surface area contributed by atoms with Crippen LogP contribution in [0.25, 0.3) is 0 Å². The van der Waals surface area contributed by atoms with E-state index < -0.39 is 6.10 Å². The van der Waals surface area contributed by atoms with Crippen LogP contribution < -0.4 is 4.74 Å². The minimum Gasteiger partial charge on any atom is -0.491 e. The van der Waals surface area contributed by atoms with Crippen LogP contribution in [0.2, 0.25) is 0 Å². The highest BCUT2D eigenvalue weighted by atomic mass is 79.9. The Kier molecular flexibility index (Phi) is 7.79.